The monoisotopic (exact) mass is 328 g/mol. The molecule has 4 nitrogen and oxygen atoms in total. The van der Waals surface area contributed by atoms with Crippen LogP contribution < -0.4 is 5.32 Å². The van der Waals surface area contributed by atoms with Gasteiger partial charge in [-0.1, -0.05) is 28.1 Å². The third kappa shape index (κ3) is 6.71. The molecule has 0 saturated carbocycles. The van der Waals surface area contributed by atoms with E-state index in [2.05, 4.69) is 33.4 Å². The van der Waals surface area contributed by atoms with Crippen LogP contribution in [0, 0.1) is 0 Å². The van der Waals surface area contributed by atoms with Crippen molar-refractivity contribution in [3.05, 3.63) is 34.3 Å². The molecule has 1 aromatic rings. The Kier molecular flexibility index (Phi) is 7.70. The van der Waals surface area contributed by atoms with E-state index < -0.39 is 0 Å². The molecule has 0 unspecified atom stereocenters. The molecule has 106 valence electrons. The molecule has 0 aliphatic rings. The molecule has 1 rings (SSSR count). The second-order valence-corrected chi connectivity index (χ2v) is 5.28. The minimum Gasteiger partial charge on any atom is -0.383 e. The Labute approximate surface area is 123 Å². The lowest BCUT2D eigenvalue weighted by molar-refractivity contribution is -0.128. The normalized spacial score (nSPS) is 10.5. The number of nitrogens with zero attached hydrogens (tertiary/aromatic N) is 1. The van der Waals surface area contributed by atoms with E-state index in [4.69, 9.17) is 4.74 Å². The number of benzene rings is 1. The first-order valence-corrected chi connectivity index (χ1v) is 7.11. The van der Waals surface area contributed by atoms with Crippen molar-refractivity contribution in [1.82, 2.24) is 10.2 Å². The molecule has 0 aliphatic carbocycles. The summed E-state index contributed by atoms with van der Waals surface area (Å²) in [5.74, 6) is 0.105. The first-order valence-electron chi connectivity index (χ1n) is 6.31. The van der Waals surface area contributed by atoms with Crippen molar-refractivity contribution in [2.24, 2.45) is 0 Å². The molecule has 0 aromatic heterocycles. The Hall–Kier alpha value is -0.910. The number of rotatable bonds is 8. The Morgan fingerprint density at radius 3 is 2.68 bits per heavy atom. The fourth-order valence-electron chi connectivity index (χ4n) is 1.58. The van der Waals surface area contributed by atoms with Crippen molar-refractivity contribution in [3.63, 3.8) is 0 Å². The third-order valence-corrected chi connectivity index (χ3v) is 3.36. The Morgan fingerprint density at radius 2 is 2.05 bits per heavy atom. The van der Waals surface area contributed by atoms with Crippen molar-refractivity contribution in [1.29, 1.82) is 0 Å². The average Bonchev–Trinajstić information content (AvgIpc) is 2.42. The second-order valence-electron chi connectivity index (χ2n) is 4.36. The standard InChI is InChI=1S/C14H21BrN2O2/c1-17(14(18)11-16-8-10-19-2)9-7-12-3-5-13(15)6-4-12/h3-6,16H,7-11H2,1-2H3. The molecular weight excluding hydrogens is 308 g/mol. The molecule has 0 spiro atoms. The van der Waals surface area contributed by atoms with Crippen molar-refractivity contribution < 1.29 is 9.53 Å². The van der Waals surface area contributed by atoms with Crippen LogP contribution in [0.4, 0.5) is 0 Å². The van der Waals surface area contributed by atoms with E-state index in [1.807, 2.05) is 19.2 Å². The Bertz CT molecular complexity index is 382. The van der Waals surface area contributed by atoms with Crippen LogP contribution in [0.2, 0.25) is 0 Å². The zero-order valence-electron chi connectivity index (χ0n) is 11.5. The van der Waals surface area contributed by atoms with Crippen LogP contribution >= 0.6 is 15.9 Å². The smallest absolute Gasteiger partial charge is 0.236 e. The highest BCUT2D eigenvalue weighted by Gasteiger charge is 2.07. The highest BCUT2D eigenvalue weighted by Crippen LogP contribution is 2.11. The van der Waals surface area contributed by atoms with Gasteiger partial charge < -0.3 is 15.0 Å². The van der Waals surface area contributed by atoms with Gasteiger partial charge in [0.2, 0.25) is 5.91 Å². The van der Waals surface area contributed by atoms with Crippen LogP contribution in [0.3, 0.4) is 0 Å². The minimum absolute atomic E-state index is 0.105. The summed E-state index contributed by atoms with van der Waals surface area (Å²) in [4.78, 5) is 13.5. The third-order valence-electron chi connectivity index (χ3n) is 2.83. The molecule has 1 aromatic carbocycles. The van der Waals surface area contributed by atoms with Crippen LogP contribution in [0.5, 0.6) is 0 Å². The lowest BCUT2D eigenvalue weighted by Gasteiger charge is -2.17. The molecule has 0 fully saturated rings. The number of carbonyl (C=O) groups excluding carboxylic acids is 1. The second kappa shape index (κ2) is 9.07. The minimum atomic E-state index is 0.105. The summed E-state index contributed by atoms with van der Waals surface area (Å²) in [5, 5.41) is 3.05. The summed E-state index contributed by atoms with van der Waals surface area (Å²) in [5.41, 5.74) is 1.23. The summed E-state index contributed by atoms with van der Waals surface area (Å²) < 4.78 is 5.98. The van der Waals surface area contributed by atoms with E-state index in [9.17, 15) is 4.79 Å². The number of hydrogen-bond donors (Lipinski definition) is 1. The maximum atomic E-state index is 11.8. The van der Waals surface area contributed by atoms with Crippen LogP contribution in [-0.4, -0.2) is 51.2 Å². The van der Waals surface area contributed by atoms with Crippen LogP contribution in [0.15, 0.2) is 28.7 Å². The zero-order chi connectivity index (χ0) is 14.1. The molecule has 0 bridgehead atoms. The van der Waals surface area contributed by atoms with Crippen molar-refractivity contribution in [2.45, 2.75) is 6.42 Å². The number of hydrogen-bond acceptors (Lipinski definition) is 3. The SMILES string of the molecule is COCCNCC(=O)N(C)CCc1ccc(Br)cc1. The molecular formula is C14H21BrN2O2. The number of ether oxygens (including phenoxy) is 1. The maximum Gasteiger partial charge on any atom is 0.236 e. The van der Waals surface area contributed by atoms with Crippen molar-refractivity contribution in [3.8, 4) is 0 Å². The van der Waals surface area contributed by atoms with Gasteiger partial charge in [-0.2, -0.15) is 0 Å². The van der Waals surface area contributed by atoms with E-state index in [1.165, 1.54) is 5.56 Å². The maximum absolute atomic E-state index is 11.8. The molecule has 0 radical (unpaired) electrons. The number of amides is 1. The quantitative estimate of drug-likeness (QED) is 0.738. The topological polar surface area (TPSA) is 41.6 Å². The summed E-state index contributed by atoms with van der Waals surface area (Å²) in [7, 11) is 3.48. The summed E-state index contributed by atoms with van der Waals surface area (Å²) in [6, 6.07) is 8.17. The largest absolute Gasteiger partial charge is 0.383 e. The summed E-state index contributed by atoms with van der Waals surface area (Å²) in [6.45, 7) is 2.41. The van der Waals surface area contributed by atoms with Gasteiger partial charge in [0.25, 0.3) is 0 Å². The van der Waals surface area contributed by atoms with Gasteiger partial charge in [-0.15, -0.1) is 0 Å². The van der Waals surface area contributed by atoms with Gasteiger partial charge >= 0.3 is 0 Å². The van der Waals surface area contributed by atoms with E-state index in [0.717, 1.165) is 17.4 Å². The fourth-order valence-corrected chi connectivity index (χ4v) is 1.84. The Morgan fingerprint density at radius 1 is 1.37 bits per heavy atom. The lowest BCUT2D eigenvalue weighted by Crippen LogP contribution is -2.37. The summed E-state index contributed by atoms with van der Waals surface area (Å²) in [6.07, 6.45) is 0.869. The van der Waals surface area contributed by atoms with Crippen LogP contribution in [-0.2, 0) is 16.0 Å². The van der Waals surface area contributed by atoms with Crippen molar-refractivity contribution in [2.75, 3.05) is 40.4 Å². The zero-order valence-corrected chi connectivity index (χ0v) is 13.1. The van der Waals surface area contributed by atoms with E-state index >= 15 is 0 Å². The van der Waals surface area contributed by atoms with Crippen molar-refractivity contribution >= 4 is 21.8 Å². The first-order chi connectivity index (χ1) is 9.13. The molecule has 1 amide bonds. The van der Waals surface area contributed by atoms with Gasteiger partial charge in [0.05, 0.1) is 13.2 Å². The molecule has 19 heavy (non-hydrogen) atoms. The predicted molar refractivity (Wildman–Crippen MR) is 80.2 cm³/mol. The first kappa shape index (κ1) is 16.1. The molecule has 0 aliphatic heterocycles. The predicted octanol–water partition coefficient (Wildman–Crippen LogP) is 1.69. The van der Waals surface area contributed by atoms with Gasteiger partial charge in [0.1, 0.15) is 0 Å². The lowest BCUT2D eigenvalue weighted by atomic mass is 10.1. The number of halogens is 1. The number of likely N-dealkylation sites (N-methyl/N-ethyl adjacent to an activating group) is 1. The molecule has 0 heterocycles. The Balaban J connectivity index is 2.24. The van der Waals surface area contributed by atoms with Gasteiger partial charge in [-0.25, -0.2) is 0 Å². The van der Waals surface area contributed by atoms with Gasteiger partial charge in [-0.05, 0) is 24.1 Å². The van der Waals surface area contributed by atoms with E-state index in [-0.39, 0.29) is 5.91 Å². The average molecular weight is 329 g/mol. The highest BCUT2D eigenvalue weighted by molar-refractivity contribution is 9.10. The van der Waals surface area contributed by atoms with Crippen LogP contribution in [0.1, 0.15) is 5.56 Å². The van der Waals surface area contributed by atoms with E-state index in [0.29, 0.717) is 19.7 Å². The number of methoxy groups -OCH3 is 1. The van der Waals surface area contributed by atoms with Gasteiger partial charge in [0.15, 0.2) is 0 Å². The molecule has 5 heteroatoms. The van der Waals surface area contributed by atoms with Crippen LogP contribution in [0.25, 0.3) is 0 Å². The van der Waals surface area contributed by atoms with Gasteiger partial charge in [-0.3, -0.25) is 4.79 Å². The number of carbonyl (C=O) groups is 1. The summed E-state index contributed by atoms with van der Waals surface area (Å²) >= 11 is 3.41. The number of nitrogens with one attached hydrogen (secondary N) is 1. The fraction of sp³-hybridized carbons (Fsp3) is 0.500. The molecule has 0 atom stereocenters. The van der Waals surface area contributed by atoms with E-state index in [1.54, 1.807) is 12.0 Å². The highest BCUT2D eigenvalue weighted by atomic mass is 79.9. The molecule has 0 saturated heterocycles. The van der Waals surface area contributed by atoms with Gasteiger partial charge in [0, 0.05) is 31.7 Å². The molecule has 1 N–H and O–H groups in total.